The van der Waals surface area contributed by atoms with Gasteiger partial charge in [-0.15, -0.1) is 0 Å². The van der Waals surface area contributed by atoms with Crippen molar-refractivity contribution in [2.75, 3.05) is 7.05 Å². The van der Waals surface area contributed by atoms with Gasteiger partial charge < -0.3 is 5.32 Å². The Morgan fingerprint density at radius 1 is 1.20 bits per heavy atom. The van der Waals surface area contributed by atoms with Gasteiger partial charge in [0.1, 0.15) is 5.82 Å². The lowest BCUT2D eigenvalue weighted by atomic mass is 9.99. The van der Waals surface area contributed by atoms with E-state index in [0.29, 0.717) is 11.5 Å². The maximum absolute atomic E-state index is 13.1. The average molecular weight is 282 g/mol. The Morgan fingerprint density at radius 3 is 2.55 bits per heavy atom. The largest absolute Gasteiger partial charge is 0.416 e. The van der Waals surface area contributed by atoms with E-state index in [2.05, 4.69) is 20.3 Å². The molecule has 1 N–H and O–H groups in total. The third-order valence-corrected chi connectivity index (χ3v) is 2.85. The summed E-state index contributed by atoms with van der Waals surface area (Å²) in [5, 5.41) is 2.84. The number of hydrogen-bond donors (Lipinski definition) is 1. The highest BCUT2D eigenvalue weighted by Gasteiger charge is 2.35. The molecule has 0 amide bonds. The molecule has 2 rings (SSSR count). The molecule has 0 aliphatic rings. The molecule has 0 fully saturated rings. The number of alkyl halides is 3. The number of halogens is 3. The molecule has 1 unspecified atom stereocenters. The zero-order valence-electron chi connectivity index (χ0n) is 10.9. The lowest BCUT2D eigenvalue weighted by Crippen LogP contribution is -2.23. The highest BCUT2D eigenvalue weighted by atomic mass is 19.4. The van der Waals surface area contributed by atoms with E-state index in [1.54, 1.807) is 20.0 Å². The van der Waals surface area contributed by atoms with Crippen molar-refractivity contribution in [2.45, 2.75) is 19.1 Å². The molecule has 0 aliphatic heterocycles. The SMILES string of the molecule is CNC(c1ccnc(C)n1)c1cnccc1C(F)(F)F. The maximum Gasteiger partial charge on any atom is 0.416 e. The number of aryl methyl sites for hydroxylation is 1. The minimum atomic E-state index is -4.44. The predicted octanol–water partition coefficient (Wildman–Crippen LogP) is 2.51. The highest BCUT2D eigenvalue weighted by molar-refractivity contribution is 5.34. The molecule has 0 aromatic carbocycles. The summed E-state index contributed by atoms with van der Waals surface area (Å²) in [5.41, 5.74) is -0.206. The molecule has 0 bridgehead atoms. The van der Waals surface area contributed by atoms with Crippen LogP contribution in [0.2, 0.25) is 0 Å². The van der Waals surface area contributed by atoms with Crippen LogP contribution in [-0.2, 0) is 6.18 Å². The van der Waals surface area contributed by atoms with E-state index < -0.39 is 17.8 Å². The van der Waals surface area contributed by atoms with Crippen molar-refractivity contribution in [1.82, 2.24) is 20.3 Å². The number of nitrogens with zero attached hydrogens (tertiary/aromatic N) is 3. The Balaban J connectivity index is 2.53. The van der Waals surface area contributed by atoms with Crippen LogP contribution in [0.15, 0.2) is 30.7 Å². The van der Waals surface area contributed by atoms with Crippen LogP contribution >= 0.6 is 0 Å². The molecule has 2 heterocycles. The van der Waals surface area contributed by atoms with E-state index in [4.69, 9.17) is 0 Å². The minimum absolute atomic E-state index is 0.0422. The van der Waals surface area contributed by atoms with E-state index in [0.717, 1.165) is 12.3 Å². The molecule has 20 heavy (non-hydrogen) atoms. The van der Waals surface area contributed by atoms with Crippen LogP contribution in [0.1, 0.15) is 28.7 Å². The van der Waals surface area contributed by atoms with Crippen LogP contribution < -0.4 is 5.32 Å². The zero-order chi connectivity index (χ0) is 14.8. The molecule has 4 nitrogen and oxygen atoms in total. The summed E-state index contributed by atoms with van der Waals surface area (Å²) in [4.78, 5) is 11.9. The quantitative estimate of drug-likeness (QED) is 0.939. The van der Waals surface area contributed by atoms with Gasteiger partial charge in [-0.05, 0) is 26.1 Å². The highest BCUT2D eigenvalue weighted by Crippen LogP contribution is 2.35. The van der Waals surface area contributed by atoms with Crippen molar-refractivity contribution in [3.63, 3.8) is 0 Å². The second kappa shape index (κ2) is 5.54. The molecule has 0 spiro atoms. The second-order valence-electron chi connectivity index (χ2n) is 4.21. The van der Waals surface area contributed by atoms with Gasteiger partial charge in [-0.25, -0.2) is 9.97 Å². The molecular weight excluding hydrogens is 269 g/mol. The van der Waals surface area contributed by atoms with Crippen molar-refractivity contribution >= 4 is 0 Å². The number of rotatable bonds is 3. The third-order valence-electron chi connectivity index (χ3n) is 2.85. The lowest BCUT2D eigenvalue weighted by Gasteiger charge is -2.20. The van der Waals surface area contributed by atoms with Crippen LogP contribution in [0, 0.1) is 6.92 Å². The van der Waals surface area contributed by atoms with Gasteiger partial charge in [0, 0.05) is 24.2 Å². The summed E-state index contributed by atoms with van der Waals surface area (Å²) in [6.07, 6.45) is -0.577. The van der Waals surface area contributed by atoms with Gasteiger partial charge in [-0.1, -0.05) is 0 Å². The molecule has 7 heteroatoms. The van der Waals surface area contributed by atoms with Crippen LogP contribution in [-0.4, -0.2) is 22.0 Å². The summed E-state index contributed by atoms with van der Waals surface area (Å²) in [6, 6.07) is 1.86. The standard InChI is InChI=1S/C13H13F3N4/c1-8-19-6-4-11(20-8)12(17-2)9-7-18-5-3-10(9)13(14,15)16/h3-7,12,17H,1-2H3. The first-order valence-electron chi connectivity index (χ1n) is 5.91. The van der Waals surface area contributed by atoms with Gasteiger partial charge in [0.2, 0.25) is 0 Å². The van der Waals surface area contributed by atoms with Gasteiger partial charge in [-0.2, -0.15) is 13.2 Å². The van der Waals surface area contributed by atoms with Gasteiger partial charge in [0.15, 0.2) is 0 Å². The fourth-order valence-corrected chi connectivity index (χ4v) is 1.99. The lowest BCUT2D eigenvalue weighted by molar-refractivity contribution is -0.138. The topological polar surface area (TPSA) is 50.7 Å². The summed E-state index contributed by atoms with van der Waals surface area (Å²) in [5.74, 6) is 0.500. The smallest absolute Gasteiger partial charge is 0.308 e. The molecule has 0 saturated heterocycles. The Labute approximate surface area is 114 Å². The summed E-state index contributed by atoms with van der Waals surface area (Å²) < 4.78 is 39.2. The molecule has 0 saturated carbocycles. The summed E-state index contributed by atoms with van der Waals surface area (Å²) in [6.45, 7) is 1.68. The first-order valence-corrected chi connectivity index (χ1v) is 5.91. The number of pyridine rings is 1. The number of aromatic nitrogens is 3. The molecule has 106 valence electrons. The third kappa shape index (κ3) is 2.93. The molecule has 1 atom stereocenters. The van der Waals surface area contributed by atoms with Crippen molar-refractivity contribution in [3.8, 4) is 0 Å². The molecular formula is C13H13F3N4. The van der Waals surface area contributed by atoms with Crippen molar-refractivity contribution in [1.29, 1.82) is 0 Å². The van der Waals surface area contributed by atoms with Crippen molar-refractivity contribution in [2.24, 2.45) is 0 Å². The van der Waals surface area contributed by atoms with E-state index in [1.165, 1.54) is 12.4 Å². The van der Waals surface area contributed by atoms with Crippen LogP contribution in [0.4, 0.5) is 13.2 Å². The van der Waals surface area contributed by atoms with Gasteiger partial charge >= 0.3 is 6.18 Å². The van der Waals surface area contributed by atoms with Gasteiger partial charge in [0.25, 0.3) is 0 Å². The van der Waals surface area contributed by atoms with E-state index >= 15 is 0 Å². The fraction of sp³-hybridized carbons (Fsp3) is 0.308. The van der Waals surface area contributed by atoms with E-state index in [-0.39, 0.29) is 5.56 Å². The van der Waals surface area contributed by atoms with Crippen LogP contribution in [0.5, 0.6) is 0 Å². The Kier molecular flexibility index (Phi) is 3.99. The normalized spacial score (nSPS) is 13.2. The Morgan fingerprint density at radius 2 is 1.95 bits per heavy atom. The van der Waals surface area contributed by atoms with Gasteiger partial charge in [-0.3, -0.25) is 4.98 Å². The summed E-state index contributed by atoms with van der Waals surface area (Å²) in [7, 11) is 1.58. The number of nitrogens with one attached hydrogen (secondary N) is 1. The predicted molar refractivity (Wildman–Crippen MR) is 66.9 cm³/mol. The number of hydrogen-bond acceptors (Lipinski definition) is 4. The molecule has 0 radical (unpaired) electrons. The fourth-order valence-electron chi connectivity index (χ4n) is 1.99. The van der Waals surface area contributed by atoms with Gasteiger partial charge in [0.05, 0.1) is 17.3 Å². The average Bonchev–Trinajstić information content (AvgIpc) is 2.39. The zero-order valence-corrected chi connectivity index (χ0v) is 10.9. The summed E-state index contributed by atoms with van der Waals surface area (Å²) >= 11 is 0. The molecule has 0 aliphatic carbocycles. The van der Waals surface area contributed by atoms with Crippen LogP contribution in [0.3, 0.4) is 0 Å². The monoisotopic (exact) mass is 282 g/mol. The second-order valence-corrected chi connectivity index (χ2v) is 4.21. The first-order chi connectivity index (χ1) is 9.43. The van der Waals surface area contributed by atoms with E-state index in [1.807, 2.05) is 0 Å². The Bertz CT molecular complexity index is 598. The molecule has 2 aromatic heterocycles. The van der Waals surface area contributed by atoms with Crippen molar-refractivity contribution < 1.29 is 13.2 Å². The Hall–Kier alpha value is -2.02. The first kappa shape index (κ1) is 14.4. The van der Waals surface area contributed by atoms with Crippen molar-refractivity contribution in [3.05, 3.63) is 53.4 Å². The van der Waals surface area contributed by atoms with Crippen LogP contribution in [0.25, 0.3) is 0 Å². The maximum atomic E-state index is 13.1. The minimum Gasteiger partial charge on any atom is -0.308 e. The molecule has 2 aromatic rings. The van der Waals surface area contributed by atoms with E-state index in [9.17, 15) is 13.2 Å².